The Morgan fingerprint density at radius 2 is 2.05 bits per heavy atom. The number of benzene rings is 1. The number of imidazole rings is 1. The van der Waals surface area contributed by atoms with E-state index in [-0.39, 0.29) is 0 Å². The highest BCUT2D eigenvalue weighted by Gasteiger charge is 2.06. The number of pyridine rings is 1. The zero-order valence-corrected chi connectivity index (χ0v) is 12.5. The minimum Gasteiger partial charge on any atom is -0.329 e. The van der Waals surface area contributed by atoms with Gasteiger partial charge in [0.1, 0.15) is 0 Å². The summed E-state index contributed by atoms with van der Waals surface area (Å²) in [5.41, 5.74) is 5.58. The van der Waals surface area contributed by atoms with Gasteiger partial charge in [0.15, 0.2) is 10.4 Å². The largest absolute Gasteiger partial charge is 0.329 e. The Kier molecular flexibility index (Phi) is 3.40. The molecule has 0 bridgehead atoms. The molecule has 0 spiro atoms. The maximum absolute atomic E-state index is 5.40. The number of nitrogens with zero attached hydrogens (tertiary/aromatic N) is 2. The number of aromatic nitrogens is 3. The van der Waals surface area contributed by atoms with Gasteiger partial charge in [-0.1, -0.05) is 29.8 Å². The van der Waals surface area contributed by atoms with Crippen molar-refractivity contribution in [2.45, 2.75) is 26.8 Å². The molecule has 102 valence electrons. The molecular formula is C16H17N3S. The molecule has 20 heavy (non-hydrogen) atoms. The minimum atomic E-state index is 0.741. The molecule has 3 nitrogen and oxygen atoms in total. The van der Waals surface area contributed by atoms with E-state index < -0.39 is 0 Å². The maximum Gasteiger partial charge on any atom is 0.179 e. The second-order valence-corrected chi connectivity index (χ2v) is 5.53. The van der Waals surface area contributed by atoms with Gasteiger partial charge in [0.2, 0.25) is 0 Å². The first-order chi connectivity index (χ1) is 9.63. The summed E-state index contributed by atoms with van der Waals surface area (Å²) >= 11 is 5.40. The molecule has 0 amide bonds. The average Bonchev–Trinajstić information content (AvgIpc) is 2.72. The van der Waals surface area contributed by atoms with Crippen LogP contribution in [0.15, 0.2) is 36.4 Å². The molecule has 1 aromatic carbocycles. The number of hydrogen-bond donors (Lipinski definition) is 1. The summed E-state index contributed by atoms with van der Waals surface area (Å²) in [4.78, 5) is 7.81. The molecule has 0 aliphatic heterocycles. The van der Waals surface area contributed by atoms with Gasteiger partial charge in [0.05, 0.1) is 5.52 Å². The fourth-order valence-electron chi connectivity index (χ4n) is 2.44. The van der Waals surface area contributed by atoms with E-state index in [0.29, 0.717) is 0 Å². The predicted molar refractivity (Wildman–Crippen MR) is 84.5 cm³/mol. The van der Waals surface area contributed by atoms with Crippen molar-refractivity contribution in [3.05, 3.63) is 58.0 Å². The molecule has 0 atom stereocenters. The summed E-state index contributed by atoms with van der Waals surface area (Å²) in [6, 6.07) is 12.6. The maximum atomic E-state index is 5.40. The molecule has 0 aliphatic carbocycles. The lowest BCUT2D eigenvalue weighted by atomic mass is 10.1. The van der Waals surface area contributed by atoms with Gasteiger partial charge >= 0.3 is 0 Å². The molecule has 3 rings (SSSR count). The molecule has 1 N–H and O–H groups in total. The van der Waals surface area contributed by atoms with Crippen molar-refractivity contribution >= 4 is 23.4 Å². The second-order valence-electron chi connectivity index (χ2n) is 5.14. The molecule has 4 heteroatoms. The van der Waals surface area contributed by atoms with Crippen molar-refractivity contribution in [3.63, 3.8) is 0 Å². The Morgan fingerprint density at radius 3 is 2.85 bits per heavy atom. The van der Waals surface area contributed by atoms with Crippen LogP contribution in [-0.4, -0.2) is 14.5 Å². The molecule has 0 saturated carbocycles. The van der Waals surface area contributed by atoms with E-state index in [1.165, 1.54) is 11.1 Å². The highest BCUT2D eigenvalue weighted by atomic mass is 32.1. The van der Waals surface area contributed by atoms with Crippen LogP contribution in [0.5, 0.6) is 0 Å². The van der Waals surface area contributed by atoms with Crippen molar-refractivity contribution in [3.8, 4) is 0 Å². The number of fused-ring (bicyclic) bond motifs is 1. The normalized spacial score (nSPS) is 11.1. The lowest BCUT2D eigenvalue weighted by molar-refractivity contribution is 0.699. The zero-order chi connectivity index (χ0) is 14.1. The summed E-state index contributed by atoms with van der Waals surface area (Å²) in [5, 5.41) is 0. The number of aromatic amines is 1. The van der Waals surface area contributed by atoms with E-state index in [1.807, 2.05) is 19.1 Å². The van der Waals surface area contributed by atoms with Gasteiger partial charge < -0.3 is 9.55 Å². The zero-order valence-electron chi connectivity index (χ0n) is 11.7. The quantitative estimate of drug-likeness (QED) is 0.738. The third-order valence-electron chi connectivity index (χ3n) is 3.46. The number of H-pyrrole nitrogens is 1. The van der Waals surface area contributed by atoms with Gasteiger partial charge in [0.25, 0.3) is 0 Å². The van der Waals surface area contributed by atoms with E-state index in [9.17, 15) is 0 Å². The van der Waals surface area contributed by atoms with E-state index in [2.05, 4.69) is 45.7 Å². The van der Waals surface area contributed by atoms with E-state index in [1.54, 1.807) is 0 Å². The first-order valence-corrected chi connectivity index (χ1v) is 7.16. The standard InChI is InChI=1S/C16H17N3S/c1-11-4-3-5-13(10-11)8-9-19-15-14(18-16(19)20)7-6-12(2)17-15/h3-7,10H,8-9H2,1-2H3,(H,18,20). The van der Waals surface area contributed by atoms with Crippen LogP contribution in [0.25, 0.3) is 11.2 Å². The first-order valence-electron chi connectivity index (χ1n) is 6.75. The highest BCUT2D eigenvalue weighted by Crippen LogP contribution is 2.14. The van der Waals surface area contributed by atoms with Gasteiger partial charge in [-0.05, 0) is 50.2 Å². The topological polar surface area (TPSA) is 33.6 Å². The van der Waals surface area contributed by atoms with Crippen molar-refractivity contribution < 1.29 is 0 Å². The summed E-state index contributed by atoms with van der Waals surface area (Å²) in [6.45, 7) is 4.96. The molecule has 3 aromatic rings. The SMILES string of the molecule is Cc1cccc(CCn2c(=S)[nH]c3ccc(C)nc32)c1. The van der Waals surface area contributed by atoms with Crippen LogP contribution in [0.4, 0.5) is 0 Å². The van der Waals surface area contributed by atoms with Crippen LogP contribution in [0.3, 0.4) is 0 Å². The number of hydrogen-bond acceptors (Lipinski definition) is 2. The van der Waals surface area contributed by atoms with Crippen molar-refractivity contribution in [1.29, 1.82) is 0 Å². The summed E-state index contributed by atoms with van der Waals surface area (Å²) in [6.07, 6.45) is 0.957. The molecule has 0 unspecified atom stereocenters. The monoisotopic (exact) mass is 283 g/mol. The predicted octanol–water partition coefficient (Wildman–Crippen LogP) is 3.95. The smallest absolute Gasteiger partial charge is 0.179 e. The number of nitrogens with one attached hydrogen (secondary N) is 1. The highest BCUT2D eigenvalue weighted by molar-refractivity contribution is 7.71. The average molecular weight is 283 g/mol. The van der Waals surface area contributed by atoms with Crippen LogP contribution in [0, 0.1) is 18.6 Å². The summed E-state index contributed by atoms with van der Waals surface area (Å²) < 4.78 is 2.82. The molecule has 0 aliphatic rings. The van der Waals surface area contributed by atoms with Crippen LogP contribution < -0.4 is 0 Å². The minimum absolute atomic E-state index is 0.741. The van der Waals surface area contributed by atoms with Crippen LogP contribution in [0.2, 0.25) is 0 Å². The van der Waals surface area contributed by atoms with Crippen molar-refractivity contribution in [2.75, 3.05) is 0 Å². The summed E-state index contributed by atoms with van der Waals surface area (Å²) in [7, 11) is 0. The fraction of sp³-hybridized carbons (Fsp3) is 0.250. The Balaban J connectivity index is 1.93. The van der Waals surface area contributed by atoms with E-state index >= 15 is 0 Å². The van der Waals surface area contributed by atoms with Gasteiger partial charge in [-0.15, -0.1) is 0 Å². The van der Waals surface area contributed by atoms with Gasteiger partial charge in [-0.2, -0.15) is 0 Å². The Labute approximate surface area is 123 Å². The molecule has 2 aromatic heterocycles. The lowest BCUT2D eigenvalue weighted by Gasteiger charge is -2.05. The van der Waals surface area contributed by atoms with E-state index in [0.717, 1.165) is 34.6 Å². The molecule has 2 heterocycles. The second kappa shape index (κ2) is 5.21. The lowest BCUT2D eigenvalue weighted by Crippen LogP contribution is -2.03. The third-order valence-corrected chi connectivity index (χ3v) is 3.79. The Bertz CT molecular complexity index is 814. The van der Waals surface area contributed by atoms with Crippen LogP contribution in [0.1, 0.15) is 16.8 Å². The molecular weight excluding hydrogens is 266 g/mol. The third kappa shape index (κ3) is 2.51. The number of aryl methyl sites for hydroxylation is 4. The van der Waals surface area contributed by atoms with Gasteiger partial charge in [0, 0.05) is 12.2 Å². The van der Waals surface area contributed by atoms with E-state index in [4.69, 9.17) is 12.2 Å². The van der Waals surface area contributed by atoms with Gasteiger partial charge in [-0.3, -0.25) is 0 Å². The van der Waals surface area contributed by atoms with Crippen molar-refractivity contribution in [1.82, 2.24) is 14.5 Å². The Morgan fingerprint density at radius 1 is 1.20 bits per heavy atom. The molecule has 0 fully saturated rings. The van der Waals surface area contributed by atoms with Crippen LogP contribution >= 0.6 is 12.2 Å². The van der Waals surface area contributed by atoms with Crippen LogP contribution in [-0.2, 0) is 13.0 Å². The first kappa shape index (κ1) is 13.1. The summed E-state index contributed by atoms with van der Waals surface area (Å²) in [5.74, 6) is 0. The molecule has 0 radical (unpaired) electrons. The van der Waals surface area contributed by atoms with Gasteiger partial charge in [-0.25, -0.2) is 4.98 Å². The Hall–Kier alpha value is -1.94. The van der Waals surface area contributed by atoms with Crippen molar-refractivity contribution in [2.24, 2.45) is 0 Å². The fourth-order valence-corrected chi connectivity index (χ4v) is 2.73. The number of rotatable bonds is 3. The molecule has 0 saturated heterocycles.